The topological polar surface area (TPSA) is 70.4 Å². The normalized spacial score (nSPS) is 16.2. The number of halogens is 1. The van der Waals surface area contributed by atoms with E-state index in [1.54, 1.807) is 0 Å². The molecule has 1 aliphatic rings. The summed E-state index contributed by atoms with van der Waals surface area (Å²) in [5, 5.41) is 11.4. The van der Waals surface area contributed by atoms with Gasteiger partial charge in [-0.05, 0) is 50.1 Å². The van der Waals surface area contributed by atoms with Gasteiger partial charge in [0.2, 0.25) is 0 Å². The highest BCUT2D eigenvalue weighted by atomic mass is 127. The average molecular weight is 531 g/mol. The smallest absolute Gasteiger partial charge is 0.191 e. The van der Waals surface area contributed by atoms with Crippen LogP contribution in [0.1, 0.15) is 23.4 Å². The highest BCUT2D eigenvalue weighted by Gasteiger charge is 2.23. The number of para-hydroxylation sites is 1. The molecule has 1 aliphatic heterocycles. The number of aliphatic imine (C=N–C) groups is 1. The zero-order valence-electron chi connectivity index (χ0n) is 18.2. The molecule has 0 saturated carbocycles. The first kappa shape index (κ1) is 23.1. The molecule has 0 amide bonds. The summed E-state index contributed by atoms with van der Waals surface area (Å²) >= 11 is 0. The summed E-state index contributed by atoms with van der Waals surface area (Å²) < 4.78 is 1.87. The minimum absolute atomic E-state index is 0. The van der Waals surface area contributed by atoms with Crippen LogP contribution in [0.4, 0.5) is 5.69 Å². The summed E-state index contributed by atoms with van der Waals surface area (Å²) in [7, 11) is 1.81. The Balaban J connectivity index is 0.00000272. The molecule has 1 fully saturated rings. The summed E-state index contributed by atoms with van der Waals surface area (Å²) in [6.07, 6.45) is 2.98. The van der Waals surface area contributed by atoms with Crippen LogP contribution in [-0.4, -0.2) is 46.9 Å². The van der Waals surface area contributed by atoms with Crippen LogP contribution in [0.3, 0.4) is 0 Å². The Kier molecular flexibility index (Phi) is 7.89. The first-order chi connectivity index (χ1) is 14.6. The van der Waals surface area contributed by atoms with E-state index in [1.165, 1.54) is 5.69 Å². The molecule has 0 radical (unpaired) electrons. The summed E-state index contributed by atoms with van der Waals surface area (Å²) in [6.45, 7) is 6.72. The second-order valence-electron chi connectivity index (χ2n) is 7.70. The van der Waals surface area contributed by atoms with E-state index in [1.807, 2.05) is 37.8 Å². The van der Waals surface area contributed by atoms with Crippen LogP contribution in [0, 0.1) is 13.8 Å². The molecule has 8 heteroatoms. The third-order valence-corrected chi connectivity index (χ3v) is 5.37. The van der Waals surface area contributed by atoms with Gasteiger partial charge < -0.3 is 15.5 Å². The van der Waals surface area contributed by atoms with E-state index in [-0.39, 0.29) is 24.0 Å². The molecule has 2 aromatic heterocycles. The van der Waals surface area contributed by atoms with Crippen molar-refractivity contribution in [2.45, 2.75) is 32.9 Å². The van der Waals surface area contributed by atoms with E-state index in [0.29, 0.717) is 12.6 Å². The van der Waals surface area contributed by atoms with Gasteiger partial charge in [-0.1, -0.05) is 24.3 Å². The Labute approximate surface area is 201 Å². The molecule has 31 heavy (non-hydrogen) atoms. The maximum atomic E-state index is 4.57. The molecular formula is C23H30IN7. The molecule has 0 spiro atoms. The van der Waals surface area contributed by atoms with Crippen LogP contribution in [0.15, 0.2) is 59.7 Å². The molecule has 7 nitrogen and oxygen atoms in total. The van der Waals surface area contributed by atoms with Crippen LogP contribution >= 0.6 is 24.0 Å². The molecule has 0 aliphatic carbocycles. The molecule has 1 saturated heterocycles. The van der Waals surface area contributed by atoms with Crippen molar-refractivity contribution in [2.75, 3.05) is 25.0 Å². The molecule has 164 valence electrons. The van der Waals surface area contributed by atoms with Crippen molar-refractivity contribution in [1.82, 2.24) is 25.4 Å². The number of aromatic nitrogens is 3. The largest absolute Gasteiger partial charge is 0.369 e. The van der Waals surface area contributed by atoms with Gasteiger partial charge in [-0.15, -0.1) is 24.0 Å². The number of rotatable bonds is 5. The zero-order valence-corrected chi connectivity index (χ0v) is 20.6. The lowest BCUT2D eigenvalue weighted by Crippen LogP contribution is -2.44. The van der Waals surface area contributed by atoms with Gasteiger partial charge in [0.1, 0.15) is 0 Å². The van der Waals surface area contributed by atoms with E-state index in [0.717, 1.165) is 48.2 Å². The van der Waals surface area contributed by atoms with Gasteiger partial charge in [-0.25, -0.2) is 9.67 Å². The fraction of sp³-hybridized carbons (Fsp3) is 0.348. The molecule has 3 heterocycles. The number of benzene rings is 1. The van der Waals surface area contributed by atoms with Gasteiger partial charge in [0.15, 0.2) is 11.8 Å². The predicted octanol–water partition coefficient (Wildman–Crippen LogP) is 3.45. The number of nitrogens with one attached hydrogen (secondary N) is 2. The minimum Gasteiger partial charge on any atom is -0.369 e. The van der Waals surface area contributed by atoms with Gasteiger partial charge in [-0.2, -0.15) is 5.10 Å². The molecule has 1 atom stereocenters. The molecule has 4 rings (SSSR count). The van der Waals surface area contributed by atoms with Crippen molar-refractivity contribution in [3.05, 3.63) is 71.7 Å². The standard InChI is InChI=1S/C23H29N7.HI/c1-17-13-18(2)30(28-17)22-10-9-19(14-25-22)15-26-23(24-3)27-20-11-12-29(16-20)21-7-5-4-6-8-21;/h4-10,13-14,20H,11-12,15-16H2,1-3H3,(H2,24,26,27);1H. The summed E-state index contributed by atoms with van der Waals surface area (Å²) in [6, 6.07) is 17.1. The number of hydrogen-bond acceptors (Lipinski definition) is 4. The lowest BCUT2D eigenvalue weighted by molar-refractivity contribution is 0.648. The molecular weight excluding hydrogens is 501 g/mol. The second-order valence-corrected chi connectivity index (χ2v) is 7.70. The van der Waals surface area contributed by atoms with Crippen LogP contribution in [0.2, 0.25) is 0 Å². The second kappa shape index (κ2) is 10.6. The van der Waals surface area contributed by atoms with E-state index >= 15 is 0 Å². The minimum atomic E-state index is 0. The summed E-state index contributed by atoms with van der Waals surface area (Å²) in [5.41, 5.74) is 4.45. The fourth-order valence-corrected chi connectivity index (χ4v) is 3.83. The number of aryl methyl sites for hydroxylation is 2. The Bertz CT molecular complexity index is 999. The Morgan fingerprint density at radius 3 is 2.61 bits per heavy atom. The van der Waals surface area contributed by atoms with Crippen molar-refractivity contribution < 1.29 is 0 Å². The van der Waals surface area contributed by atoms with E-state index in [2.05, 4.69) is 73.1 Å². The molecule has 3 aromatic rings. The monoisotopic (exact) mass is 531 g/mol. The lowest BCUT2D eigenvalue weighted by atomic mass is 10.2. The summed E-state index contributed by atoms with van der Waals surface area (Å²) in [4.78, 5) is 11.4. The van der Waals surface area contributed by atoms with Crippen LogP contribution < -0.4 is 15.5 Å². The van der Waals surface area contributed by atoms with Crippen molar-refractivity contribution in [1.29, 1.82) is 0 Å². The van der Waals surface area contributed by atoms with Gasteiger partial charge in [0, 0.05) is 50.3 Å². The quantitative estimate of drug-likeness (QED) is 0.300. The number of pyridine rings is 1. The van der Waals surface area contributed by atoms with Gasteiger partial charge in [0.05, 0.1) is 5.69 Å². The SMILES string of the molecule is CN=C(NCc1ccc(-n2nc(C)cc2C)nc1)NC1CCN(c2ccccc2)C1.I. The van der Waals surface area contributed by atoms with Crippen molar-refractivity contribution in [3.8, 4) is 5.82 Å². The van der Waals surface area contributed by atoms with E-state index < -0.39 is 0 Å². The molecule has 1 aromatic carbocycles. The maximum Gasteiger partial charge on any atom is 0.191 e. The fourth-order valence-electron chi connectivity index (χ4n) is 3.83. The number of nitrogens with zero attached hydrogens (tertiary/aromatic N) is 5. The van der Waals surface area contributed by atoms with Crippen molar-refractivity contribution in [3.63, 3.8) is 0 Å². The Morgan fingerprint density at radius 1 is 1.16 bits per heavy atom. The summed E-state index contributed by atoms with van der Waals surface area (Å²) in [5.74, 6) is 1.65. The highest BCUT2D eigenvalue weighted by Crippen LogP contribution is 2.19. The van der Waals surface area contributed by atoms with Crippen molar-refractivity contribution >= 4 is 35.6 Å². The van der Waals surface area contributed by atoms with Gasteiger partial charge >= 0.3 is 0 Å². The Morgan fingerprint density at radius 2 is 1.97 bits per heavy atom. The van der Waals surface area contributed by atoms with Crippen LogP contribution in [0.25, 0.3) is 5.82 Å². The first-order valence-corrected chi connectivity index (χ1v) is 10.4. The third-order valence-electron chi connectivity index (χ3n) is 5.37. The molecule has 1 unspecified atom stereocenters. The number of hydrogen-bond donors (Lipinski definition) is 2. The molecule has 0 bridgehead atoms. The lowest BCUT2D eigenvalue weighted by Gasteiger charge is -2.20. The van der Waals surface area contributed by atoms with Crippen LogP contribution in [-0.2, 0) is 6.54 Å². The van der Waals surface area contributed by atoms with Gasteiger partial charge in [0.25, 0.3) is 0 Å². The van der Waals surface area contributed by atoms with E-state index in [9.17, 15) is 0 Å². The average Bonchev–Trinajstić information content (AvgIpc) is 3.38. The Hall–Kier alpha value is -2.62. The van der Waals surface area contributed by atoms with Crippen molar-refractivity contribution in [2.24, 2.45) is 4.99 Å². The number of anilines is 1. The molecule has 2 N–H and O–H groups in total. The highest BCUT2D eigenvalue weighted by molar-refractivity contribution is 14.0. The van der Waals surface area contributed by atoms with Gasteiger partial charge in [-0.3, -0.25) is 4.99 Å². The predicted molar refractivity (Wildman–Crippen MR) is 137 cm³/mol. The number of guanidine groups is 1. The maximum absolute atomic E-state index is 4.57. The van der Waals surface area contributed by atoms with Crippen LogP contribution in [0.5, 0.6) is 0 Å². The third kappa shape index (κ3) is 5.75. The van der Waals surface area contributed by atoms with E-state index in [4.69, 9.17) is 0 Å². The first-order valence-electron chi connectivity index (χ1n) is 10.4. The zero-order chi connectivity index (χ0) is 20.9.